The summed E-state index contributed by atoms with van der Waals surface area (Å²) in [4.78, 5) is 0.562. The average Bonchev–Trinajstić information content (AvgIpc) is 1.62. The highest BCUT2D eigenvalue weighted by Crippen LogP contribution is 2.24. The molecule has 0 aliphatic carbocycles. The molecule has 0 radical (unpaired) electrons. The lowest BCUT2D eigenvalue weighted by atomic mass is 10.4. The summed E-state index contributed by atoms with van der Waals surface area (Å²) in [6, 6.07) is 0. The van der Waals surface area contributed by atoms with Crippen molar-refractivity contribution in [3.8, 4) is 0 Å². The molecule has 8 heavy (non-hydrogen) atoms. The van der Waals surface area contributed by atoms with E-state index in [-0.39, 0.29) is 0 Å². The maximum absolute atomic E-state index is 11.7. The number of allylic oxidation sites excluding steroid dienone is 1. The quantitative estimate of drug-likeness (QED) is 0.594. The van der Waals surface area contributed by atoms with Crippen molar-refractivity contribution in [2.24, 2.45) is 0 Å². The van der Waals surface area contributed by atoms with Gasteiger partial charge in [-0.1, -0.05) is 15.9 Å². The summed E-state index contributed by atoms with van der Waals surface area (Å²) in [5, 5.41) is 0. The summed E-state index contributed by atoms with van der Waals surface area (Å²) in [6.45, 7) is 0.486. The van der Waals surface area contributed by atoms with E-state index in [1.54, 1.807) is 0 Å². The lowest BCUT2D eigenvalue weighted by Gasteiger charge is -2.03. The van der Waals surface area contributed by atoms with Gasteiger partial charge in [-0.15, -0.1) is 0 Å². The van der Waals surface area contributed by atoms with Crippen molar-refractivity contribution in [3.63, 3.8) is 0 Å². The van der Waals surface area contributed by atoms with Gasteiger partial charge < -0.3 is 0 Å². The molecule has 0 amide bonds. The number of hydrogen-bond acceptors (Lipinski definition) is 0. The largest absolute Gasteiger partial charge is 0.296 e. The molecule has 0 spiro atoms. The second-order valence-electron chi connectivity index (χ2n) is 1.35. The van der Waals surface area contributed by atoms with Gasteiger partial charge in [0.25, 0.3) is 5.92 Å². The predicted molar refractivity (Wildman–Crippen MR) is 28.7 cm³/mol. The number of hydrogen-bond donors (Lipinski definition) is 0. The van der Waals surface area contributed by atoms with Gasteiger partial charge in [-0.25, -0.2) is 4.39 Å². The molecule has 0 aromatic heterocycles. The molecule has 0 unspecified atom stereocenters. The Hall–Kier alpha value is 0.01000. The van der Waals surface area contributed by atoms with Gasteiger partial charge in [0.15, 0.2) is 5.83 Å². The molecule has 0 bridgehead atoms. The van der Waals surface area contributed by atoms with Gasteiger partial charge >= 0.3 is 0 Å². The molecule has 0 aromatic carbocycles. The summed E-state index contributed by atoms with van der Waals surface area (Å²) < 4.78 is 35.0. The Kier molecular flexibility index (Phi) is 2.53. The Morgan fingerprint density at radius 3 is 2.00 bits per heavy atom. The van der Waals surface area contributed by atoms with Crippen LogP contribution in [0.15, 0.2) is 10.8 Å². The number of halogens is 4. The van der Waals surface area contributed by atoms with Crippen molar-refractivity contribution < 1.29 is 13.2 Å². The van der Waals surface area contributed by atoms with Gasteiger partial charge in [0.1, 0.15) is 0 Å². The molecule has 0 heterocycles. The van der Waals surface area contributed by atoms with Crippen LogP contribution in [-0.2, 0) is 0 Å². The zero-order chi connectivity index (χ0) is 6.78. The van der Waals surface area contributed by atoms with Crippen LogP contribution in [0.2, 0.25) is 0 Å². The van der Waals surface area contributed by atoms with E-state index in [9.17, 15) is 13.2 Å². The van der Waals surface area contributed by atoms with Gasteiger partial charge in [-0.2, -0.15) is 8.78 Å². The molecule has 0 saturated heterocycles. The van der Waals surface area contributed by atoms with E-state index >= 15 is 0 Å². The van der Waals surface area contributed by atoms with Crippen molar-refractivity contribution >= 4 is 15.9 Å². The van der Waals surface area contributed by atoms with Crippen molar-refractivity contribution in [3.05, 3.63) is 10.8 Å². The first-order chi connectivity index (χ1) is 3.48. The summed E-state index contributed by atoms with van der Waals surface area (Å²) in [6.07, 6.45) is 0. The molecular weight excluding hydrogens is 185 g/mol. The first-order valence-corrected chi connectivity index (χ1v) is 2.74. The molecule has 0 aromatic rings. The van der Waals surface area contributed by atoms with E-state index in [0.29, 0.717) is 11.9 Å². The summed E-state index contributed by atoms with van der Waals surface area (Å²) in [5.74, 6) is -4.80. The fraction of sp³-hybridized carbons (Fsp3) is 0.500. The van der Waals surface area contributed by atoms with Gasteiger partial charge in [0.2, 0.25) is 0 Å². The Bertz CT molecular complexity index is 102. The molecule has 0 aliphatic rings. The first-order valence-electron chi connectivity index (χ1n) is 1.82. The van der Waals surface area contributed by atoms with Gasteiger partial charge in [-0.3, -0.25) is 0 Å². The Morgan fingerprint density at radius 1 is 1.62 bits per heavy atom. The van der Waals surface area contributed by atoms with Crippen molar-refractivity contribution in [2.45, 2.75) is 12.8 Å². The zero-order valence-corrected chi connectivity index (χ0v) is 5.68. The zero-order valence-electron chi connectivity index (χ0n) is 4.09. The van der Waals surface area contributed by atoms with Crippen LogP contribution in [0.1, 0.15) is 6.92 Å². The van der Waals surface area contributed by atoms with Crippen LogP contribution < -0.4 is 0 Å². The second kappa shape index (κ2) is 2.53. The van der Waals surface area contributed by atoms with Crippen molar-refractivity contribution in [2.75, 3.05) is 0 Å². The van der Waals surface area contributed by atoms with Crippen LogP contribution in [-0.4, -0.2) is 5.92 Å². The molecule has 0 fully saturated rings. The second-order valence-corrected chi connectivity index (χ2v) is 1.80. The van der Waals surface area contributed by atoms with Crippen molar-refractivity contribution in [1.82, 2.24) is 0 Å². The van der Waals surface area contributed by atoms with E-state index < -0.39 is 11.7 Å². The first kappa shape index (κ1) is 8.01. The SMILES string of the molecule is CC(F)(F)/C(F)=C/Br. The third-order valence-corrected chi connectivity index (χ3v) is 0.917. The predicted octanol–water partition coefficient (Wildman–Crippen LogP) is 2.85. The fourth-order valence-electron chi connectivity index (χ4n) is 0.0958. The minimum atomic E-state index is -3.34. The highest BCUT2D eigenvalue weighted by molar-refractivity contribution is 9.11. The minimum absolute atomic E-state index is 0.486. The summed E-state index contributed by atoms with van der Waals surface area (Å²) in [7, 11) is 0. The lowest BCUT2D eigenvalue weighted by Crippen LogP contribution is -2.08. The molecule has 0 rings (SSSR count). The Labute approximate surface area is 53.5 Å². The minimum Gasteiger partial charge on any atom is -0.205 e. The third kappa shape index (κ3) is 2.35. The standard InChI is InChI=1S/C4H4BrF3/c1-4(7,8)3(6)2-5/h2H,1H3/b3-2-. The molecule has 0 nitrogen and oxygen atoms in total. The van der Waals surface area contributed by atoms with Crippen LogP contribution in [0.3, 0.4) is 0 Å². The van der Waals surface area contributed by atoms with E-state index in [1.165, 1.54) is 0 Å². The Morgan fingerprint density at radius 2 is 2.00 bits per heavy atom. The van der Waals surface area contributed by atoms with E-state index in [2.05, 4.69) is 15.9 Å². The lowest BCUT2D eigenvalue weighted by molar-refractivity contribution is 0.0393. The molecule has 0 saturated carbocycles. The van der Waals surface area contributed by atoms with Crippen molar-refractivity contribution in [1.29, 1.82) is 0 Å². The van der Waals surface area contributed by atoms with Crippen LogP contribution in [0, 0.1) is 0 Å². The molecule has 0 atom stereocenters. The van der Waals surface area contributed by atoms with Crippen LogP contribution in [0.5, 0.6) is 0 Å². The average molecular weight is 189 g/mol. The van der Waals surface area contributed by atoms with Gasteiger partial charge in [0, 0.05) is 11.9 Å². The summed E-state index contributed by atoms with van der Waals surface area (Å²) in [5.41, 5.74) is 0. The maximum atomic E-state index is 11.7. The number of alkyl halides is 2. The smallest absolute Gasteiger partial charge is 0.205 e. The molecule has 0 N–H and O–H groups in total. The number of rotatable bonds is 1. The molecule has 0 aliphatic heterocycles. The van der Waals surface area contributed by atoms with Crippen LogP contribution in [0.25, 0.3) is 0 Å². The van der Waals surface area contributed by atoms with E-state index in [4.69, 9.17) is 0 Å². The third-order valence-electron chi connectivity index (χ3n) is 0.515. The van der Waals surface area contributed by atoms with Crippen LogP contribution >= 0.6 is 15.9 Å². The monoisotopic (exact) mass is 188 g/mol. The van der Waals surface area contributed by atoms with Crippen LogP contribution in [0.4, 0.5) is 13.2 Å². The van der Waals surface area contributed by atoms with Gasteiger partial charge in [0.05, 0.1) is 0 Å². The molecule has 48 valence electrons. The summed E-state index contributed by atoms with van der Waals surface area (Å²) >= 11 is 2.43. The highest BCUT2D eigenvalue weighted by atomic mass is 79.9. The highest BCUT2D eigenvalue weighted by Gasteiger charge is 2.27. The molecule has 4 heteroatoms. The van der Waals surface area contributed by atoms with Gasteiger partial charge in [-0.05, 0) is 0 Å². The maximum Gasteiger partial charge on any atom is 0.296 e. The van der Waals surface area contributed by atoms with E-state index in [0.717, 1.165) is 0 Å². The normalized spacial score (nSPS) is 14.4. The topological polar surface area (TPSA) is 0 Å². The molecular formula is C4H4BrF3. The fourth-order valence-corrected chi connectivity index (χ4v) is 0.498. The Balaban J connectivity index is 4.03. The van der Waals surface area contributed by atoms with E-state index in [1.807, 2.05) is 0 Å².